The zero-order valence-electron chi connectivity index (χ0n) is 15.9. The molecule has 1 atom stereocenters. The molecule has 8 nitrogen and oxygen atoms in total. The maximum absolute atomic E-state index is 11.5. The van der Waals surface area contributed by atoms with Crippen molar-refractivity contribution in [1.82, 2.24) is 29.9 Å². The summed E-state index contributed by atoms with van der Waals surface area (Å²) in [5.41, 5.74) is 0. The van der Waals surface area contributed by atoms with Crippen LogP contribution in [-0.4, -0.2) is 75.7 Å². The van der Waals surface area contributed by atoms with Crippen molar-refractivity contribution in [1.29, 1.82) is 0 Å². The number of hydrogen-bond acceptors (Lipinski definition) is 4. The topological polar surface area (TPSA) is 78.7 Å². The summed E-state index contributed by atoms with van der Waals surface area (Å²) >= 11 is 0. The number of piperazine rings is 1. The largest absolute Gasteiger partial charge is 0.357 e. The molecule has 1 fully saturated rings. The molecule has 146 valence electrons. The normalized spacial score (nSPS) is 20.4. The Kier molecular flexibility index (Phi) is 7.66. The number of aromatic nitrogens is 3. The third-order valence-electron chi connectivity index (χ3n) is 5.09. The van der Waals surface area contributed by atoms with Crippen LogP contribution in [0.5, 0.6) is 0 Å². The van der Waals surface area contributed by atoms with Crippen LogP contribution in [0, 0.1) is 12.8 Å². The monoisotopic (exact) mass is 475 g/mol. The summed E-state index contributed by atoms with van der Waals surface area (Å²) in [4.78, 5) is 20.5. The molecule has 3 rings (SSSR count). The van der Waals surface area contributed by atoms with Gasteiger partial charge in [-0.25, -0.2) is 0 Å². The molecule has 1 aromatic heterocycles. The van der Waals surface area contributed by atoms with Crippen molar-refractivity contribution in [3.05, 3.63) is 11.6 Å². The van der Waals surface area contributed by atoms with Crippen LogP contribution in [0.2, 0.25) is 0 Å². The van der Waals surface area contributed by atoms with Crippen molar-refractivity contribution in [2.75, 3.05) is 39.3 Å². The molecule has 9 heteroatoms. The van der Waals surface area contributed by atoms with Crippen molar-refractivity contribution in [2.24, 2.45) is 10.9 Å². The maximum atomic E-state index is 11.5. The van der Waals surface area contributed by atoms with Gasteiger partial charge < -0.3 is 19.7 Å². The van der Waals surface area contributed by atoms with Crippen molar-refractivity contribution >= 4 is 35.8 Å². The van der Waals surface area contributed by atoms with E-state index in [0.29, 0.717) is 5.92 Å². The predicted molar refractivity (Wildman–Crippen MR) is 112 cm³/mol. The first-order chi connectivity index (χ1) is 12.1. The van der Waals surface area contributed by atoms with E-state index in [9.17, 15) is 4.79 Å². The SMILES string of the molecule is CCNC(=NCC1CCc2nnc(C)n2C1)N1CCN(C(C)=O)CC1.I. The smallest absolute Gasteiger partial charge is 0.219 e. The number of halogens is 1. The quantitative estimate of drug-likeness (QED) is 0.400. The zero-order chi connectivity index (χ0) is 17.8. The van der Waals surface area contributed by atoms with Crippen LogP contribution in [0.15, 0.2) is 4.99 Å². The van der Waals surface area contributed by atoms with E-state index in [4.69, 9.17) is 4.99 Å². The van der Waals surface area contributed by atoms with E-state index >= 15 is 0 Å². The second-order valence-corrected chi connectivity index (χ2v) is 6.87. The van der Waals surface area contributed by atoms with Gasteiger partial charge in [0.1, 0.15) is 11.6 Å². The van der Waals surface area contributed by atoms with E-state index in [1.54, 1.807) is 6.92 Å². The Balaban J connectivity index is 0.00000243. The number of aryl methyl sites for hydroxylation is 2. The highest BCUT2D eigenvalue weighted by Crippen LogP contribution is 2.20. The lowest BCUT2D eigenvalue weighted by molar-refractivity contribution is -0.130. The number of nitrogens with one attached hydrogen (secondary N) is 1. The third kappa shape index (κ3) is 4.86. The summed E-state index contributed by atoms with van der Waals surface area (Å²) in [6.45, 7) is 11.6. The van der Waals surface area contributed by atoms with E-state index in [0.717, 1.165) is 76.3 Å². The van der Waals surface area contributed by atoms with Crippen LogP contribution in [0.25, 0.3) is 0 Å². The van der Waals surface area contributed by atoms with Gasteiger partial charge in [0.05, 0.1) is 0 Å². The molecule has 1 amide bonds. The number of aliphatic imine (C=N–C) groups is 1. The van der Waals surface area contributed by atoms with Crippen LogP contribution < -0.4 is 5.32 Å². The van der Waals surface area contributed by atoms with Gasteiger partial charge in [0, 0.05) is 59.2 Å². The van der Waals surface area contributed by atoms with Gasteiger partial charge >= 0.3 is 0 Å². The fourth-order valence-electron chi connectivity index (χ4n) is 3.55. The maximum Gasteiger partial charge on any atom is 0.219 e. The number of nitrogens with zero attached hydrogens (tertiary/aromatic N) is 6. The first-order valence-electron chi connectivity index (χ1n) is 9.26. The van der Waals surface area contributed by atoms with Crippen molar-refractivity contribution in [2.45, 2.75) is 40.2 Å². The highest BCUT2D eigenvalue weighted by Gasteiger charge is 2.23. The molecule has 0 radical (unpaired) electrons. The minimum absolute atomic E-state index is 0. The second kappa shape index (κ2) is 9.52. The van der Waals surface area contributed by atoms with E-state index in [2.05, 4.69) is 31.9 Å². The van der Waals surface area contributed by atoms with Crippen LogP contribution in [-0.2, 0) is 17.8 Å². The Labute approximate surface area is 172 Å². The molecule has 0 aromatic carbocycles. The molecule has 1 unspecified atom stereocenters. The third-order valence-corrected chi connectivity index (χ3v) is 5.09. The molecule has 1 aromatic rings. The van der Waals surface area contributed by atoms with Crippen LogP contribution in [0.4, 0.5) is 0 Å². The lowest BCUT2D eigenvalue weighted by atomic mass is 9.99. The molecule has 1 saturated heterocycles. The number of rotatable bonds is 3. The second-order valence-electron chi connectivity index (χ2n) is 6.87. The minimum atomic E-state index is 0. The van der Waals surface area contributed by atoms with Crippen molar-refractivity contribution in [3.8, 4) is 0 Å². The number of fused-ring (bicyclic) bond motifs is 1. The molecule has 26 heavy (non-hydrogen) atoms. The lowest BCUT2D eigenvalue weighted by Gasteiger charge is -2.36. The minimum Gasteiger partial charge on any atom is -0.357 e. The molecule has 2 aliphatic heterocycles. The fourth-order valence-corrected chi connectivity index (χ4v) is 3.55. The van der Waals surface area contributed by atoms with E-state index in [1.807, 2.05) is 11.8 Å². The number of amides is 1. The summed E-state index contributed by atoms with van der Waals surface area (Å²) < 4.78 is 2.22. The van der Waals surface area contributed by atoms with Gasteiger partial charge in [0.25, 0.3) is 0 Å². The molecule has 2 aliphatic rings. The van der Waals surface area contributed by atoms with Gasteiger partial charge in [0.2, 0.25) is 5.91 Å². The Hall–Kier alpha value is -1.39. The summed E-state index contributed by atoms with van der Waals surface area (Å²) in [6.07, 6.45) is 2.09. The molecule has 3 heterocycles. The van der Waals surface area contributed by atoms with Crippen LogP contribution >= 0.6 is 24.0 Å². The average Bonchev–Trinajstić information content (AvgIpc) is 2.99. The van der Waals surface area contributed by atoms with E-state index in [-0.39, 0.29) is 29.9 Å². The summed E-state index contributed by atoms with van der Waals surface area (Å²) in [6, 6.07) is 0. The van der Waals surface area contributed by atoms with Gasteiger partial charge in [-0.3, -0.25) is 9.79 Å². The van der Waals surface area contributed by atoms with Gasteiger partial charge in [-0.05, 0) is 26.2 Å². The first-order valence-corrected chi connectivity index (χ1v) is 9.26. The average molecular weight is 475 g/mol. The molecule has 0 spiro atoms. The molecule has 0 saturated carbocycles. The molecular formula is C17H30IN7O. The zero-order valence-corrected chi connectivity index (χ0v) is 18.3. The van der Waals surface area contributed by atoms with Gasteiger partial charge in [-0.2, -0.15) is 0 Å². The van der Waals surface area contributed by atoms with Crippen LogP contribution in [0.3, 0.4) is 0 Å². The standard InChI is InChI=1S/C17H29N7O.HI/c1-4-18-17(23-9-7-22(8-10-23)14(3)25)19-11-15-5-6-16-21-20-13(2)24(16)12-15;/h15H,4-12H2,1-3H3,(H,18,19);1H. The predicted octanol–water partition coefficient (Wildman–Crippen LogP) is 0.897. The molecule has 0 aliphatic carbocycles. The number of carbonyl (C=O) groups excluding carboxylic acids is 1. The van der Waals surface area contributed by atoms with E-state index in [1.165, 1.54) is 0 Å². The lowest BCUT2D eigenvalue weighted by Crippen LogP contribution is -2.53. The number of carbonyl (C=O) groups is 1. The van der Waals surface area contributed by atoms with Gasteiger partial charge in [0.15, 0.2) is 5.96 Å². The van der Waals surface area contributed by atoms with Crippen molar-refractivity contribution < 1.29 is 4.79 Å². The Morgan fingerprint density at radius 3 is 2.58 bits per heavy atom. The first kappa shape index (κ1) is 20.9. The Morgan fingerprint density at radius 1 is 1.23 bits per heavy atom. The number of hydrogen-bond donors (Lipinski definition) is 1. The fraction of sp³-hybridized carbons (Fsp3) is 0.765. The highest BCUT2D eigenvalue weighted by atomic mass is 127. The van der Waals surface area contributed by atoms with Crippen LogP contribution in [0.1, 0.15) is 31.9 Å². The Bertz CT molecular complexity index is 637. The highest BCUT2D eigenvalue weighted by molar-refractivity contribution is 14.0. The van der Waals surface area contributed by atoms with Gasteiger partial charge in [-0.15, -0.1) is 34.2 Å². The summed E-state index contributed by atoms with van der Waals surface area (Å²) in [5, 5.41) is 11.8. The summed E-state index contributed by atoms with van der Waals surface area (Å²) in [7, 11) is 0. The van der Waals surface area contributed by atoms with Crippen molar-refractivity contribution in [3.63, 3.8) is 0 Å². The number of guanidine groups is 1. The Morgan fingerprint density at radius 2 is 1.92 bits per heavy atom. The molecular weight excluding hydrogens is 445 g/mol. The molecule has 1 N–H and O–H groups in total. The molecule has 0 bridgehead atoms. The van der Waals surface area contributed by atoms with Gasteiger partial charge in [-0.1, -0.05) is 0 Å². The van der Waals surface area contributed by atoms with E-state index < -0.39 is 0 Å². The summed E-state index contributed by atoms with van der Waals surface area (Å²) in [5.74, 6) is 3.75.